The summed E-state index contributed by atoms with van der Waals surface area (Å²) in [7, 11) is 0.235. The first-order chi connectivity index (χ1) is 12.9. The first kappa shape index (κ1) is 19.9. The number of carbonyl (C=O) groups is 1. The van der Waals surface area contributed by atoms with Crippen LogP contribution in [0.4, 0.5) is 0 Å². The van der Waals surface area contributed by atoms with Gasteiger partial charge in [0.05, 0.1) is 32.3 Å². The fourth-order valence-corrected chi connectivity index (χ4v) is 5.75. The third-order valence-corrected chi connectivity index (χ3v) is 7.22. The van der Waals surface area contributed by atoms with Crippen LogP contribution in [0, 0.1) is 0 Å². The smallest absolute Gasteiger partial charge is 0.237 e. The molecule has 2 aliphatic heterocycles. The highest BCUT2D eigenvalue weighted by atomic mass is 32.2. The van der Waals surface area contributed by atoms with E-state index >= 15 is 0 Å². The molecule has 2 heterocycles. The van der Waals surface area contributed by atoms with Crippen LogP contribution in [-0.2, 0) is 27.6 Å². The van der Waals surface area contributed by atoms with Gasteiger partial charge in [0, 0.05) is 25.7 Å². The SMILES string of the molecule is CCN(C(=O)CN1CCc2cc(OC)c(OC)cc2C1)C1CCS(=O)(=O)C1. The number of hydrogen-bond donors (Lipinski definition) is 0. The highest BCUT2D eigenvalue weighted by Gasteiger charge is 2.34. The number of fused-ring (bicyclic) bond motifs is 1. The van der Waals surface area contributed by atoms with E-state index in [4.69, 9.17) is 9.47 Å². The fraction of sp³-hybridized carbons (Fsp3) is 0.632. The highest BCUT2D eigenvalue weighted by Crippen LogP contribution is 2.33. The van der Waals surface area contributed by atoms with Crippen LogP contribution in [0.15, 0.2) is 12.1 Å². The Morgan fingerprint density at radius 1 is 1.22 bits per heavy atom. The minimum atomic E-state index is -3.00. The van der Waals surface area contributed by atoms with Gasteiger partial charge in [-0.3, -0.25) is 9.69 Å². The highest BCUT2D eigenvalue weighted by molar-refractivity contribution is 7.91. The summed E-state index contributed by atoms with van der Waals surface area (Å²) in [6.07, 6.45) is 1.38. The van der Waals surface area contributed by atoms with Crippen LogP contribution < -0.4 is 9.47 Å². The zero-order valence-corrected chi connectivity index (χ0v) is 17.0. The van der Waals surface area contributed by atoms with E-state index in [9.17, 15) is 13.2 Å². The van der Waals surface area contributed by atoms with E-state index in [0.717, 1.165) is 24.3 Å². The second kappa shape index (κ2) is 8.06. The van der Waals surface area contributed by atoms with Crippen LogP contribution >= 0.6 is 0 Å². The van der Waals surface area contributed by atoms with E-state index in [2.05, 4.69) is 4.90 Å². The van der Waals surface area contributed by atoms with Crippen molar-refractivity contribution in [3.05, 3.63) is 23.3 Å². The molecule has 150 valence electrons. The predicted molar refractivity (Wildman–Crippen MR) is 103 cm³/mol. The minimum absolute atomic E-state index is 0.00327. The second-order valence-corrected chi connectivity index (χ2v) is 9.40. The topological polar surface area (TPSA) is 76.2 Å². The van der Waals surface area contributed by atoms with Gasteiger partial charge < -0.3 is 14.4 Å². The average molecular weight is 397 g/mol. The van der Waals surface area contributed by atoms with E-state index in [1.807, 2.05) is 19.1 Å². The normalized spacial score (nSPS) is 21.5. The number of amides is 1. The maximum Gasteiger partial charge on any atom is 0.237 e. The standard InChI is InChI=1S/C19H28N2O5S/c1-4-21(16-6-8-27(23,24)13-16)19(22)12-20-7-5-14-9-17(25-2)18(26-3)10-15(14)11-20/h9-10,16H,4-8,11-13H2,1-3H3. The van der Waals surface area contributed by atoms with Gasteiger partial charge in [-0.1, -0.05) is 0 Å². The first-order valence-corrected chi connectivity index (χ1v) is 11.1. The molecule has 0 radical (unpaired) electrons. The van der Waals surface area contributed by atoms with Crippen LogP contribution in [0.5, 0.6) is 11.5 Å². The molecule has 1 fully saturated rings. The predicted octanol–water partition coefficient (Wildman–Crippen LogP) is 1.10. The van der Waals surface area contributed by atoms with Crippen molar-refractivity contribution in [3.8, 4) is 11.5 Å². The van der Waals surface area contributed by atoms with Crippen LogP contribution in [-0.4, -0.2) is 75.5 Å². The third kappa shape index (κ3) is 4.38. The van der Waals surface area contributed by atoms with Crippen molar-refractivity contribution in [2.45, 2.75) is 32.4 Å². The summed E-state index contributed by atoms with van der Waals surface area (Å²) in [6, 6.07) is 3.80. The molecule has 1 unspecified atom stereocenters. The molecule has 0 N–H and O–H groups in total. The van der Waals surface area contributed by atoms with E-state index in [0.29, 0.717) is 31.8 Å². The van der Waals surface area contributed by atoms with Crippen molar-refractivity contribution in [1.82, 2.24) is 9.80 Å². The van der Waals surface area contributed by atoms with Crippen LogP contribution in [0.25, 0.3) is 0 Å². The van der Waals surface area contributed by atoms with Crippen molar-refractivity contribution in [1.29, 1.82) is 0 Å². The zero-order chi connectivity index (χ0) is 19.6. The number of hydrogen-bond acceptors (Lipinski definition) is 6. The molecule has 0 aliphatic carbocycles. The molecule has 2 aliphatic rings. The van der Waals surface area contributed by atoms with Gasteiger partial charge in [0.1, 0.15) is 0 Å². The number of likely N-dealkylation sites (N-methyl/N-ethyl adjacent to an activating group) is 1. The molecule has 0 spiro atoms. The number of methoxy groups -OCH3 is 2. The van der Waals surface area contributed by atoms with Crippen molar-refractivity contribution >= 4 is 15.7 Å². The molecule has 0 saturated carbocycles. The molecular weight excluding hydrogens is 368 g/mol. The molecule has 0 aromatic heterocycles. The monoisotopic (exact) mass is 396 g/mol. The second-order valence-electron chi connectivity index (χ2n) is 7.17. The lowest BCUT2D eigenvalue weighted by Gasteiger charge is -2.33. The van der Waals surface area contributed by atoms with E-state index in [1.165, 1.54) is 5.56 Å². The number of rotatable bonds is 6. The lowest BCUT2D eigenvalue weighted by atomic mass is 9.98. The van der Waals surface area contributed by atoms with Gasteiger partial charge >= 0.3 is 0 Å². The van der Waals surface area contributed by atoms with Crippen molar-refractivity contribution in [2.75, 3.05) is 45.4 Å². The Bertz CT molecular complexity index is 809. The van der Waals surface area contributed by atoms with Crippen LogP contribution in [0.3, 0.4) is 0 Å². The third-order valence-electron chi connectivity index (χ3n) is 5.47. The maximum atomic E-state index is 12.8. The van der Waals surface area contributed by atoms with Gasteiger partial charge in [-0.2, -0.15) is 0 Å². The van der Waals surface area contributed by atoms with E-state index < -0.39 is 9.84 Å². The van der Waals surface area contributed by atoms with E-state index in [1.54, 1.807) is 19.1 Å². The molecule has 3 rings (SSSR count). The summed E-state index contributed by atoms with van der Waals surface area (Å²) in [4.78, 5) is 16.7. The lowest BCUT2D eigenvalue weighted by Crippen LogP contribution is -2.47. The van der Waals surface area contributed by atoms with Gasteiger partial charge in [-0.15, -0.1) is 0 Å². The summed E-state index contributed by atoms with van der Waals surface area (Å²) in [5.74, 6) is 1.69. The van der Waals surface area contributed by atoms with Gasteiger partial charge in [0.15, 0.2) is 21.3 Å². The molecule has 27 heavy (non-hydrogen) atoms. The Labute approximate surface area is 161 Å². The summed E-state index contributed by atoms with van der Waals surface area (Å²) >= 11 is 0. The molecule has 1 saturated heterocycles. The molecule has 0 bridgehead atoms. The Balaban J connectivity index is 1.67. The number of carbonyl (C=O) groups excluding carboxylic acids is 1. The van der Waals surface area contributed by atoms with Gasteiger partial charge in [0.25, 0.3) is 0 Å². The molecule has 1 amide bonds. The molecule has 1 aromatic rings. The molecule has 7 nitrogen and oxygen atoms in total. The zero-order valence-electron chi connectivity index (χ0n) is 16.2. The van der Waals surface area contributed by atoms with E-state index in [-0.39, 0.29) is 23.5 Å². The van der Waals surface area contributed by atoms with Crippen LogP contribution in [0.1, 0.15) is 24.5 Å². The molecule has 8 heteroatoms. The summed E-state index contributed by atoms with van der Waals surface area (Å²) in [5, 5.41) is 0. The Morgan fingerprint density at radius 3 is 2.44 bits per heavy atom. The number of nitrogens with zero attached hydrogens (tertiary/aromatic N) is 2. The molecular formula is C19H28N2O5S. The number of benzene rings is 1. The van der Waals surface area contributed by atoms with Gasteiger partial charge in [-0.25, -0.2) is 8.42 Å². The van der Waals surface area contributed by atoms with Crippen molar-refractivity contribution in [3.63, 3.8) is 0 Å². The van der Waals surface area contributed by atoms with Crippen LogP contribution in [0.2, 0.25) is 0 Å². The van der Waals surface area contributed by atoms with Crippen molar-refractivity contribution in [2.24, 2.45) is 0 Å². The summed E-state index contributed by atoms with van der Waals surface area (Å²) < 4.78 is 34.3. The maximum absolute atomic E-state index is 12.8. The Hall–Kier alpha value is -1.80. The number of ether oxygens (including phenoxy) is 2. The summed E-state index contributed by atoms with van der Waals surface area (Å²) in [6.45, 7) is 4.20. The Morgan fingerprint density at radius 2 is 1.89 bits per heavy atom. The average Bonchev–Trinajstić information content (AvgIpc) is 3.00. The molecule has 1 atom stereocenters. The van der Waals surface area contributed by atoms with Gasteiger partial charge in [0.2, 0.25) is 5.91 Å². The van der Waals surface area contributed by atoms with Crippen molar-refractivity contribution < 1.29 is 22.7 Å². The fourth-order valence-electron chi connectivity index (χ4n) is 4.02. The molecule has 1 aromatic carbocycles. The van der Waals surface area contributed by atoms with Gasteiger partial charge in [-0.05, 0) is 43.0 Å². The first-order valence-electron chi connectivity index (χ1n) is 9.33. The lowest BCUT2D eigenvalue weighted by molar-refractivity contribution is -0.134. The number of sulfone groups is 1. The Kier molecular flexibility index (Phi) is 5.95. The largest absolute Gasteiger partial charge is 0.493 e. The quantitative estimate of drug-likeness (QED) is 0.717. The minimum Gasteiger partial charge on any atom is -0.493 e. The summed E-state index contributed by atoms with van der Waals surface area (Å²) in [5.41, 5.74) is 2.35.